The van der Waals surface area contributed by atoms with Crippen molar-refractivity contribution in [2.75, 3.05) is 6.61 Å². The predicted molar refractivity (Wildman–Crippen MR) is 58.7 cm³/mol. The van der Waals surface area contributed by atoms with Crippen molar-refractivity contribution in [2.24, 2.45) is 5.41 Å². The molecule has 0 radical (unpaired) electrons. The maximum Gasteiger partial charge on any atom is 0.0717 e. The highest BCUT2D eigenvalue weighted by molar-refractivity contribution is 5.13. The zero-order valence-corrected chi connectivity index (χ0v) is 8.29. The average molecular weight is 191 g/mol. The smallest absolute Gasteiger partial charge is 0.0717 e. The van der Waals surface area contributed by atoms with Crippen LogP contribution in [0.4, 0.5) is 0 Å². The van der Waals surface area contributed by atoms with Gasteiger partial charge in [0, 0.05) is 9.53 Å². The standard InChI is InChI=1S/C13H16O/c1-4-13(2,3)11-14-10-12-8-6-5-7-9-12/h1,5-9H,10-11H2,2-3H3/i2D3. The molecule has 0 spiro atoms. The summed E-state index contributed by atoms with van der Waals surface area (Å²) in [6.07, 6.45) is 5.28. The molecule has 1 aromatic rings. The Hall–Kier alpha value is -1.26. The van der Waals surface area contributed by atoms with Crippen LogP contribution in [-0.2, 0) is 11.3 Å². The van der Waals surface area contributed by atoms with Gasteiger partial charge in [0.25, 0.3) is 0 Å². The highest BCUT2D eigenvalue weighted by Gasteiger charge is 2.13. The number of hydrogen-bond acceptors (Lipinski definition) is 1. The van der Waals surface area contributed by atoms with Gasteiger partial charge in [-0.3, -0.25) is 0 Å². The zero-order chi connectivity index (χ0) is 12.9. The maximum atomic E-state index is 7.38. The van der Waals surface area contributed by atoms with Gasteiger partial charge in [-0.25, -0.2) is 0 Å². The van der Waals surface area contributed by atoms with E-state index in [1.807, 2.05) is 30.3 Å². The van der Waals surface area contributed by atoms with E-state index in [9.17, 15) is 0 Å². The fourth-order valence-electron chi connectivity index (χ4n) is 0.989. The van der Waals surface area contributed by atoms with E-state index in [-0.39, 0.29) is 6.61 Å². The van der Waals surface area contributed by atoms with Crippen LogP contribution in [0.25, 0.3) is 0 Å². The Bertz CT molecular complexity index is 391. The number of ether oxygens (including phenoxy) is 1. The summed E-state index contributed by atoms with van der Waals surface area (Å²) >= 11 is 0. The fraction of sp³-hybridized carbons (Fsp3) is 0.385. The summed E-state index contributed by atoms with van der Waals surface area (Å²) in [5.74, 6) is 2.32. The summed E-state index contributed by atoms with van der Waals surface area (Å²) in [5, 5.41) is 0. The lowest BCUT2D eigenvalue weighted by Crippen LogP contribution is -2.16. The maximum absolute atomic E-state index is 7.38. The summed E-state index contributed by atoms with van der Waals surface area (Å²) in [5.41, 5.74) is -0.237. The van der Waals surface area contributed by atoms with Crippen LogP contribution in [0.15, 0.2) is 30.3 Å². The molecule has 1 aromatic carbocycles. The molecule has 14 heavy (non-hydrogen) atoms. The van der Waals surface area contributed by atoms with Gasteiger partial charge in [-0.15, -0.1) is 6.42 Å². The second-order valence-corrected chi connectivity index (χ2v) is 3.45. The lowest BCUT2D eigenvalue weighted by Gasteiger charge is -2.17. The van der Waals surface area contributed by atoms with Crippen molar-refractivity contribution in [2.45, 2.75) is 20.4 Å². The van der Waals surface area contributed by atoms with E-state index < -0.39 is 12.3 Å². The molecule has 0 bridgehead atoms. The molecule has 0 N–H and O–H groups in total. The lowest BCUT2D eigenvalue weighted by atomic mass is 9.97. The van der Waals surface area contributed by atoms with Gasteiger partial charge in [0.2, 0.25) is 0 Å². The van der Waals surface area contributed by atoms with E-state index in [0.717, 1.165) is 5.56 Å². The van der Waals surface area contributed by atoms with Crippen molar-refractivity contribution in [1.82, 2.24) is 0 Å². The topological polar surface area (TPSA) is 9.23 Å². The van der Waals surface area contributed by atoms with Crippen molar-refractivity contribution in [1.29, 1.82) is 0 Å². The number of rotatable bonds is 4. The third kappa shape index (κ3) is 3.64. The van der Waals surface area contributed by atoms with Crippen molar-refractivity contribution >= 4 is 0 Å². The van der Waals surface area contributed by atoms with Crippen LogP contribution >= 0.6 is 0 Å². The van der Waals surface area contributed by atoms with Gasteiger partial charge in [-0.2, -0.15) is 0 Å². The van der Waals surface area contributed by atoms with Crippen LogP contribution in [-0.4, -0.2) is 6.61 Å². The van der Waals surface area contributed by atoms with Gasteiger partial charge >= 0.3 is 0 Å². The molecule has 0 amide bonds. The number of hydrogen-bond donors (Lipinski definition) is 0. The summed E-state index contributed by atoms with van der Waals surface area (Å²) in [7, 11) is 0. The number of terminal acetylenes is 1. The van der Waals surface area contributed by atoms with E-state index in [1.165, 1.54) is 6.92 Å². The Morgan fingerprint density at radius 1 is 1.50 bits per heavy atom. The van der Waals surface area contributed by atoms with Crippen molar-refractivity contribution < 1.29 is 8.85 Å². The molecule has 0 aliphatic carbocycles. The van der Waals surface area contributed by atoms with Gasteiger partial charge in [0.15, 0.2) is 0 Å². The van der Waals surface area contributed by atoms with Crippen molar-refractivity contribution in [3.8, 4) is 12.3 Å². The highest BCUT2D eigenvalue weighted by Crippen LogP contribution is 2.14. The zero-order valence-electron chi connectivity index (χ0n) is 11.3. The monoisotopic (exact) mass is 191 g/mol. The SMILES string of the molecule is [2H]C([2H])([2H])C(C)(C#C)COCc1ccccc1. The predicted octanol–water partition coefficient (Wildman–Crippen LogP) is 2.86. The van der Waals surface area contributed by atoms with Gasteiger partial charge in [0.1, 0.15) is 0 Å². The minimum absolute atomic E-state index is 0.0227. The summed E-state index contributed by atoms with van der Waals surface area (Å²) in [6.45, 7) is -0.299. The van der Waals surface area contributed by atoms with Crippen LogP contribution in [0.1, 0.15) is 23.5 Å². The minimum atomic E-state index is -2.21. The molecule has 1 unspecified atom stereocenters. The molecular formula is C13H16O. The molecule has 74 valence electrons. The molecule has 0 aliphatic rings. The lowest BCUT2D eigenvalue weighted by molar-refractivity contribution is 0.0754. The molecule has 0 heterocycles. The van der Waals surface area contributed by atoms with Gasteiger partial charge in [-0.1, -0.05) is 36.3 Å². The quantitative estimate of drug-likeness (QED) is 0.665. The van der Waals surface area contributed by atoms with Gasteiger partial charge in [0.05, 0.1) is 13.2 Å². The van der Waals surface area contributed by atoms with E-state index >= 15 is 0 Å². The summed E-state index contributed by atoms with van der Waals surface area (Å²) in [4.78, 5) is 0. The molecule has 1 rings (SSSR count). The molecule has 0 saturated heterocycles. The van der Waals surface area contributed by atoms with Crippen LogP contribution in [0, 0.1) is 17.8 Å². The molecule has 1 heteroatoms. The normalized spacial score (nSPS) is 18.4. The summed E-state index contributed by atoms with van der Waals surface area (Å²) < 4.78 is 27.5. The first kappa shape index (κ1) is 7.09. The van der Waals surface area contributed by atoms with Gasteiger partial charge < -0.3 is 4.74 Å². The molecular weight excluding hydrogens is 172 g/mol. The fourth-order valence-corrected chi connectivity index (χ4v) is 0.989. The van der Waals surface area contributed by atoms with Crippen LogP contribution in [0.3, 0.4) is 0 Å². The molecule has 0 aromatic heterocycles. The largest absolute Gasteiger partial charge is 0.375 e. The molecule has 0 saturated carbocycles. The first-order chi connectivity index (χ1) is 7.89. The minimum Gasteiger partial charge on any atom is -0.375 e. The Morgan fingerprint density at radius 3 is 2.79 bits per heavy atom. The molecule has 1 nitrogen and oxygen atoms in total. The second kappa shape index (κ2) is 4.83. The van der Waals surface area contributed by atoms with Crippen molar-refractivity contribution in [3.63, 3.8) is 0 Å². The highest BCUT2D eigenvalue weighted by atomic mass is 16.5. The Kier molecular flexibility index (Phi) is 2.45. The Balaban J connectivity index is 2.54. The second-order valence-electron chi connectivity index (χ2n) is 3.45. The summed E-state index contributed by atoms with van der Waals surface area (Å²) in [6, 6.07) is 9.56. The van der Waals surface area contributed by atoms with E-state index in [2.05, 4.69) is 5.92 Å². The number of benzene rings is 1. The third-order valence-electron chi connectivity index (χ3n) is 1.82. The van der Waals surface area contributed by atoms with Crippen LogP contribution < -0.4 is 0 Å². The first-order valence-corrected chi connectivity index (χ1v) is 4.48. The molecule has 0 fully saturated rings. The Morgan fingerprint density at radius 2 is 2.21 bits per heavy atom. The van der Waals surface area contributed by atoms with Crippen molar-refractivity contribution in [3.05, 3.63) is 35.9 Å². The van der Waals surface area contributed by atoms with Gasteiger partial charge in [-0.05, 0) is 19.3 Å². The average Bonchev–Trinajstić information content (AvgIpc) is 2.28. The van der Waals surface area contributed by atoms with E-state index in [4.69, 9.17) is 15.3 Å². The Labute approximate surface area is 90.3 Å². The van der Waals surface area contributed by atoms with E-state index in [0.29, 0.717) is 6.61 Å². The third-order valence-corrected chi connectivity index (χ3v) is 1.82. The molecule has 1 atom stereocenters. The van der Waals surface area contributed by atoms with E-state index in [1.54, 1.807) is 0 Å². The molecule has 0 aliphatic heterocycles. The van der Waals surface area contributed by atoms with Crippen LogP contribution in [0.2, 0.25) is 0 Å². The van der Waals surface area contributed by atoms with Crippen LogP contribution in [0.5, 0.6) is 0 Å². The first-order valence-electron chi connectivity index (χ1n) is 5.98.